The van der Waals surface area contributed by atoms with Crippen molar-refractivity contribution in [2.45, 2.75) is 45.8 Å². The molecule has 0 aliphatic carbocycles. The van der Waals surface area contributed by atoms with Crippen molar-refractivity contribution in [2.75, 3.05) is 14.2 Å². The third-order valence-corrected chi connectivity index (χ3v) is 3.37. The van der Waals surface area contributed by atoms with Gasteiger partial charge in [-0.1, -0.05) is 6.07 Å². The van der Waals surface area contributed by atoms with E-state index in [1.165, 1.54) is 11.1 Å². The van der Waals surface area contributed by atoms with E-state index in [0.717, 1.165) is 24.2 Å². The molecule has 0 spiro atoms. The van der Waals surface area contributed by atoms with Crippen molar-refractivity contribution < 1.29 is 9.47 Å². The molecule has 0 aliphatic rings. The number of ether oxygens (including phenoxy) is 2. The van der Waals surface area contributed by atoms with Crippen LogP contribution in [0.1, 0.15) is 42.5 Å². The maximum atomic E-state index is 6.29. The molecule has 0 radical (unpaired) electrons. The molecule has 0 heterocycles. The molecule has 18 heavy (non-hydrogen) atoms. The molecule has 3 heteroatoms. The van der Waals surface area contributed by atoms with E-state index in [2.05, 4.69) is 26.8 Å². The Kier molecular flexibility index (Phi) is 5.63. The van der Waals surface area contributed by atoms with Crippen molar-refractivity contribution in [1.29, 1.82) is 0 Å². The van der Waals surface area contributed by atoms with Crippen molar-refractivity contribution in [3.8, 4) is 5.75 Å². The molecule has 2 atom stereocenters. The van der Waals surface area contributed by atoms with Gasteiger partial charge in [0.05, 0.1) is 13.2 Å². The lowest BCUT2D eigenvalue weighted by molar-refractivity contribution is 0.107. The number of nitrogens with two attached hydrogens (primary N) is 1. The minimum Gasteiger partial charge on any atom is -0.496 e. The summed E-state index contributed by atoms with van der Waals surface area (Å²) < 4.78 is 10.7. The maximum absolute atomic E-state index is 6.29. The zero-order chi connectivity index (χ0) is 13.7. The highest BCUT2D eigenvalue weighted by Crippen LogP contribution is 2.31. The smallest absolute Gasteiger partial charge is 0.124 e. The molecule has 3 nitrogen and oxygen atoms in total. The molecule has 0 amide bonds. The van der Waals surface area contributed by atoms with Crippen LogP contribution in [0.15, 0.2) is 12.1 Å². The first-order valence-corrected chi connectivity index (χ1v) is 6.43. The summed E-state index contributed by atoms with van der Waals surface area (Å²) in [4.78, 5) is 0. The lowest BCUT2D eigenvalue weighted by Crippen LogP contribution is -2.16. The van der Waals surface area contributed by atoms with Gasteiger partial charge in [-0.05, 0) is 50.8 Å². The van der Waals surface area contributed by atoms with Crippen LogP contribution in [0.4, 0.5) is 0 Å². The van der Waals surface area contributed by atoms with Gasteiger partial charge in [-0.2, -0.15) is 0 Å². The van der Waals surface area contributed by atoms with E-state index < -0.39 is 0 Å². The van der Waals surface area contributed by atoms with E-state index in [-0.39, 0.29) is 12.1 Å². The van der Waals surface area contributed by atoms with Gasteiger partial charge in [0.25, 0.3) is 0 Å². The van der Waals surface area contributed by atoms with Crippen LogP contribution < -0.4 is 10.5 Å². The molecule has 1 aromatic rings. The number of aryl methyl sites for hydroxylation is 2. The first kappa shape index (κ1) is 15.0. The molecule has 0 aliphatic heterocycles. The fourth-order valence-electron chi connectivity index (χ4n) is 2.26. The van der Waals surface area contributed by atoms with Crippen LogP contribution in [-0.4, -0.2) is 20.3 Å². The molecule has 0 fully saturated rings. The summed E-state index contributed by atoms with van der Waals surface area (Å²) in [5, 5.41) is 0. The highest BCUT2D eigenvalue weighted by atomic mass is 16.5. The SMILES string of the molecule is COc1cc(C)cc(C)c1C(N)CCC(C)OC. The number of hydrogen-bond acceptors (Lipinski definition) is 3. The third kappa shape index (κ3) is 3.72. The summed E-state index contributed by atoms with van der Waals surface area (Å²) in [6.45, 7) is 6.22. The maximum Gasteiger partial charge on any atom is 0.124 e. The van der Waals surface area contributed by atoms with Gasteiger partial charge in [-0.3, -0.25) is 0 Å². The Hall–Kier alpha value is -1.06. The summed E-state index contributed by atoms with van der Waals surface area (Å²) in [5.74, 6) is 0.894. The number of methoxy groups -OCH3 is 2. The van der Waals surface area contributed by atoms with Gasteiger partial charge in [-0.15, -0.1) is 0 Å². The molecule has 102 valence electrons. The van der Waals surface area contributed by atoms with Gasteiger partial charge < -0.3 is 15.2 Å². The molecule has 0 bridgehead atoms. The number of benzene rings is 1. The summed E-state index contributed by atoms with van der Waals surface area (Å²) >= 11 is 0. The summed E-state index contributed by atoms with van der Waals surface area (Å²) in [5.41, 5.74) is 9.80. The molecular formula is C15H25NO2. The standard InChI is InChI=1S/C15H25NO2/c1-10-8-11(2)15(14(9-10)18-5)13(16)7-6-12(3)17-4/h8-9,12-13H,6-7,16H2,1-5H3. The van der Waals surface area contributed by atoms with E-state index in [4.69, 9.17) is 15.2 Å². The Bertz CT molecular complexity index is 390. The molecule has 1 rings (SSSR count). The first-order valence-electron chi connectivity index (χ1n) is 6.43. The predicted molar refractivity (Wildman–Crippen MR) is 75.1 cm³/mol. The summed E-state index contributed by atoms with van der Waals surface area (Å²) in [6, 6.07) is 4.19. The Morgan fingerprint density at radius 3 is 2.39 bits per heavy atom. The number of hydrogen-bond donors (Lipinski definition) is 1. The van der Waals surface area contributed by atoms with Gasteiger partial charge in [-0.25, -0.2) is 0 Å². The second kappa shape index (κ2) is 6.76. The molecule has 0 aromatic heterocycles. The average Bonchev–Trinajstić information content (AvgIpc) is 2.34. The lowest BCUT2D eigenvalue weighted by Gasteiger charge is -2.20. The second-order valence-corrected chi connectivity index (χ2v) is 4.93. The van der Waals surface area contributed by atoms with Crippen molar-refractivity contribution >= 4 is 0 Å². The van der Waals surface area contributed by atoms with Crippen LogP contribution >= 0.6 is 0 Å². The highest BCUT2D eigenvalue weighted by molar-refractivity contribution is 5.44. The second-order valence-electron chi connectivity index (χ2n) is 4.93. The Morgan fingerprint density at radius 2 is 1.83 bits per heavy atom. The minimum atomic E-state index is -0.00171. The molecule has 2 unspecified atom stereocenters. The molecule has 0 saturated heterocycles. The zero-order valence-electron chi connectivity index (χ0n) is 12.1. The Balaban J connectivity index is 2.87. The van der Waals surface area contributed by atoms with E-state index >= 15 is 0 Å². The summed E-state index contributed by atoms with van der Waals surface area (Å²) in [6.07, 6.45) is 2.09. The van der Waals surface area contributed by atoms with E-state index in [0.29, 0.717) is 0 Å². The third-order valence-electron chi connectivity index (χ3n) is 3.37. The Labute approximate surface area is 110 Å². The molecular weight excluding hydrogens is 226 g/mol. The van der Waals surface area contributed by atoms with E-state index in [1.807, 2.05) is 6.07 Å². The Morgan fingerprint density at radius 1 is 1.17 bits per heavy atom. The first-order chi connectivity index (χ1) is 8.49. The van der Waals surface area contributed by atoms with Crippen molar-refractivity contribution in [3.63, 3.8) is 0 Å². The zero-order valence-corrected chi connectivity index (χ0v) is 12.1. The molecule has 1 aromatic carbocycles. The van der Waals surface area contributed by atoms with Gasteiger partial charge in [0.2, 0.25) is 0 Å². The van der Waals surface area contributed by atoms with Crippen LogP contribution in [0.3, 0.4) is 0 Å². The normalized spacial score (nSPS) is 14.3. The van der Waals surface area contributed by atoms with Gasteiger partial charge in [0.1, 0.15) is 5.75 Å². The molecule has 0 saturated carbocycles. The minimum absolute atomic E-state index is 0.00171. The number of rotatable bonds is 6. The fraction of sp³-hybridized carbons (Fsp3) is 0.600. The predicted octanol–water partition coefficient (Wildman–Crippen LogP) is 3.13. The van der Waals surface area contributed by atoms with Gasteiger partial charge in [0, 0.05) is 18.7 Å². The van der Waals surface area contributed by atoms with E-state index in [1.54, 1.807) is 14.2 Å². The van der Waals surface area contributed by atoms with Crippen molar-refractivity contribution in [3.05, 3.63) is 28.8 Å². The van der Waals surface area contributed by atoms with Gasteiger partial charge in [0.15, 0.2) is 0 Å². The van der Waals surface area contributed by atoms with Gasteiger partial charge >= 0.3 is 0 Å². The van der Waals surface area contributed by atoms with Crippen LogP contribution in [0, 0.1) is 13.8 Å². The quantitative estimate of drug-likeness (QED) is 0.844. The van der Waals surface area contributed by atoms with Crippen LogP contribution in [0.2, 0.25) is 0 Å². The fourth-order valence-corrected chi connectivity index (χ4v) is 2.26. The van der Waals surface area contributed by atoms with E-state index in [9.17, 15) is 0 Å². The highest BCUT2D eigenvalue weighted by Gasteiger charge is 2.16. The largest absolute Gasteiger partial charge is 0.496 e. The summed E-state index contributed by atoms with van der Waals surface area (Å²) in [7, 11) is 3.43. The monoisotopic (exact) mass is 251 g/mol. The lowest BCUT2D eigenvalue weighted by atomic mass is 9.94. The van der Waals surface area contributed by atoms with Crippen LogP contribution in [0.5, 0.6) is 5.75 Å². The average molecular weight is 251 g/mol. The van der Waals surface area contributed by atoms with Crippen LogP contribution in [-0.2, 0) is 4.74 Å². The molecule has 2 N–H and O–H groups in total. The van der Waals surface area contributed by atoms with Crippen molar-refractivity contribution in [2.24, 2.45) is 5.73 Å². The topological polar surface area (TPSA) is 44.5 Å². The van der Waals surface area contributed by atoms with Crippen molar-refractivity contribution in [1.82, 2.24) is 0 Å². The van der Waals surface area contributed by atoms with Crippen LogP contribution in [0.25, 0.3) is 0 Å².